The van der Waals surface area contributed by atoms with E-state index < -0.39 is 79.1 Å². The lowest BCUT2D eigenvalue weighted by Gasteiger charge is -2.38. The highest BCUT2D eigenvalue weighted by molar-refractivity contribution is 5.84. The van der Waals surface area contributed by atoms with Crippen LogP contribution in [-0.4, -0.2) is 173 Å². The summed E-state index contributed by atoms with van der Waals surface area (Å²) in [7, 11) is 0. The van der Waals surface area contributed by atoms with Crippen molar-refractivity contribution >= 4 is 23.5 Å². The number of nitrogens with zero attached hydrogens (tertiary/aromatic N) is 1. The number of nitrogens with one attached hydrogen (secondary N) is 3. The van der Waals surface area contributed by atoms with Crippen LogP contribution in [0.25, 0.3) is 0 Å². The fourth-order valence-electron chi connectivity index (χ4n) is 4.36. The monoisotopic (exact) mass is 638 g/mol. The number of rotatable bonds is 17. The summed E-state index contributed by atoms with van der Waals surface area (Å²) in [5, 5.41) is 66.9. The maximum absolute atomic E-state index is 12.6. The van der Waals surface area contributed by atoms with E-state index in [1.54, 1.807) is 0 Å². The van der Waals surface area contributed by atoms with Gasteiger partial charge in [-0.3, -0.25) is 24.1 Å². The van der Waals surface area contributed by atoms with Crippen LogP contribution in [0, 0.1) is 0 Å². The summed E-state index contributed by atoms with van der Waals surface area (Å²) in [6.45, 7) is 3.07. The van der Waals surface area contributed by atoms with Gasteiger partial charge in [0.1, 0.15) is 42.4 Å². The van der Waals surface area contributed by atoms with Gasteiger partial charge in [0.15, 0.2) is 12.6 Å². The zero-order valence-corrected chi connectivity index (χ0v) is 25.0. The topological polar surface area (TPSA) is 266 Å². The maximum atomic E-state index is 12.6. The van der Waals surface area contributed by atoms with Gasteiger partial charge in [-0.25, -0.2) is 0 Å². The summed E-state index contributed by atoms with van der Waals surface area (Å²) in [6, 6.07) is 0. The van der Waals surface area contributed by atoms with Crippen LogP contribution in [0.1, 0.15) is 27.2 Å². The normalized spacial score (nSPS) is 32.2. The second-order valence-electron chi connectivity index (χ2n) is 10.8. The van der Waals surface area contributed by atoms with Gasteiger partial charge in [-0.15, -0.1) is 0 Å². The minimum absolute atomic E-state index is 0.0416. The molecule has 44 heavy (non-hydrogen) atoms. The molecule has 10 atom stereocenters. The van der Waals surface area contributed by atoms with Crippen molar-refractivity contribution in [2.24, 2.45) is 0 Å². The Labute approximate surface area is 254 Å². The molecule has 0 spiro atoms. The van der Waals surface area contributed by atoms with Gasteiger partial charge in [0.25, 0.3) is 0 Å². The van der Waals surface area contributed by atoms with E-state index in [0.717, 1.165) is 0 Å². The van der Waals surface area contributed by atoms with Crippen LogP contribution in [0.5, 0.6) is 0 Å². The highest BCUT2D eigenvalue weighted by atomic mass is 16.7. The van der Waals surface area contributed by atoms with E-state index in [0.29, 0.717) is 0 Å². The molecule has 18 heteroatoms. The van der Waals surface area contributed by atoms with Crippen LogP contribution in [0.15, 0.2) is 0 Å². The Morgan fingerprint density at radius 1 is 0.614 bits per heavy atom. The smallest absolute Gasteiger partial charge is 0.234 e. The predicted molar refractivity (Wildman–Crippen MR) is 147 cm³/mol. The molecule has 18 nitrogen and oxygen atoms in total. The number of amides is 3. The van der Waals surface area contributed by atoms with Crippen molar-refractivity contribution < 1.29 is 68.8 Å². The predicted octanol–water partition coefficient (Wildman–Crippen LogP) is -5.70. The van der Waals surface area contributed by atoms with Gasteiger partial charge in [-0.2, -0.15) is 0 Å². The maximum Gasteiger partial charge on any atom is 0.234 e. The van der Waals surface area contributed by atoms with E-state index >= 15 is 0 Å². The summed E-state index contributed by atoms with van der Waals surface area (Å²) in [6.07, 6.45) is -12.4. The molecule has 2 rings (SSSR count). The van der Waals surface area contributed by atoms with E-state index in [4.69, 9.17) is 18.9 Å². The number of carbonyl (C=O) groups is 4. The Kier molecular flexibility index (Phi) is 16.0. The summed E-state index contributed by atoms with van der Waals surface area (Å²) in [4.78, 5) is 49.9. The molecule has 2 fully saturated rings. The van der Waals surface area contributed by atoms with Gasteiger partial charge in [0.05, 0.1) is 45.1 Å². The van der Waals surface area contributed by atoms with Crippen molar-refractivity contribution in [1.82, 2.24) is 20.9 Å². The van der Waals surface area contributed by atoms with Gasteiger partial charge in [0.2, 0.25) is 17.7 Å². The average molecular weight is 639 g/mol. The first kappa shape index (κ1) is 37.8. The number of aliphatic hydroxyl groups excluding tert-OH is 6. The van der Waals surface area contributed by atoms with Crippen LogP contribution in [0.4, 0.5) is 0 Å². The summed E-state index contributed by atoms with van der Waals surface area (Å²) < 4.78 is 21.4. The summed E-state index contributed by atoms with van der Waals surface area (Å²) in [5.74, 6) is -1.76. The average Bonchev–Trinajstić information content (AvgIpc) is 2.95. The largest absolute Gasteiger partial charge is 0.388 e. The molecule has 0 aromatic carbocycles. The molecule has 0 aromatic rings. The lowest BCUT2D eigenvalue weighted by Crippen LogP contribution is -2.57. The molecule has 2 aliphatic heterocycles. The fraction of sp³-hybridized carbons (Fsp3) is 0.846. The third-order valence-corrected chi connectivity index (χ3v) is 6.93. The molecule has 254 valence electrons. The lowest BCUT2D eigenvalue weighted by molar-refractivity contribution is -0.292. The SMILES string of the molecule is CC(=O)CCNC(=O)CN(CC(=O)NCCO[C@@H]1O[C@@H](C)[C@@H](O)[C@@H](O)[C@@H]1O)CC(=O)NCCO[C@@H]1O[C@@H](C)[C@@H](O)[C@@H](O)[C@@H]1O. The van der Waals surface area contributed by atoms with Crippen molar-refractivity contribution in [1.29, 1.82) is 0 Å². The molecule has 3 amide bonds. The molecular weight excluding hydrogens is 592 g/mol. The quantitative estimate of drug-likeness (QED) is 0.0672. The van der Waals surface area contributed by atoms with E-state index in [1.165, 1.54) is 25.7 Å². The standard InChI is InChI=1S/C26H46N4O14/c1-13(31)4-5-27-16(32)10-30(11-17(33)28-6-8-41-25-23(39)21(37)19(35)14(2)43-25)12-18(34)29-7-9-42-26-24(40)22(38)20(36)15(3)44-26/h14-15,19-26,35-40H,4-12H2,1-3H3,(H,27,32)(H,28,33)(H,29,34)/t14-,15-,19+,20+,21+,22+,23-,24-,25+,26+/m0/s1. The molecule has 0 aromatic heterocycles. The van der Waals surface area contributed by atoms with Crippen molar-refractivity contribution in [2.45, 2.75) is 88.6 Å². The van der Waals surface area contributed by atoms with Gasteiger partial charge >= 0.3 is 0 Å². The Bertz CT molecular complexity index is 888. The van der Waals surface area contributed by atoms with Gasteiger partial charge < -0.3 is 65.5 Å². The van der Waals surface area contributed by atoms with Crippen molar-refractivity contribution in [2.75, 3.05) is 52.5 Å². The fourth-order valence-corrected chi connectivity index (χ4v) is 4.36. The Morgan fingerprint density at radius 2 is 0.977 bits per heavy atom. The third-order valence-electron chi connectivity index (χ3n) is 6.93. The van der Waals surface area contributed by atoms with Crippen LogP contribution in [-0.2, 0) is 38.1 Å². The van der Waals surface area contributed by atoms with Crippen LogP contribution in [0.2, 0.25) is 0 Å². The summed E-state index contributed by atoms with van der Waals surface area (Å²) >= 11 is 0. The Hall–Kier alpha value is -2.36. The molecule has 2 saturated heterocycles. The molecule has 9 N–H and O–H groups in total. The Morgan fingerprint density at radius 3 is 1.34 bits per heavy atom. The van der Waals surface area contributed by atoms with E-state index in [9.17, 15) is 49.8 Å². The third kappa shape index (κ3) is 12.2. The molecular formula is C26H46N4O14. The summed E-state index contributed by atoms with van der Waals surface area (Å²) in [5.41, 5.74) is 0. The van der Waals surface area contributed by atoms with Crippen molar-refractivity contribution in [3.63, 3.8) is 0 Å². The lowest BCUT2D eigenvalue weighted by atomic mass is 10.0. The molecule has 2 aliphatic rings. The zero-order chi connectivity index (χ0) is 33.0. The van der Waals surface area contributed by atoms with E-state index in [1.807, 2.05) is 0 Å². The Balaban J connectivity index is 1.81. The molecule has 0 unspecified atom stereocenters. The van der Waals surface area contributed by atoms with E-state index in [2.05, 4.69) is 16.0 Å². The van der Waals surface area contributed by atoms with E-state index in [-0.39, 0.29) is 64.7 Å². The van der Waals surface area contributed by atoms with Crippen LogP contribution < -0.4 is 16.0 Å². The molecule has 2 heterocycles. The molecule has 0 radical (unpaired) electrons. The number of ketones is 1. The zero-order valence-electron chi connectivity index (χ0n) is 25.0. The highest BCUT2D eigenvalue weighted by Crippen LogP contribution is 2.22. The van der Waals surface area contributed by atoms with Gasteiger partial charge in [-0.1, -0.05) is 0 Å². The molecule has 0 bridgehead atoms. The second-order valence-corrected chi connectivity index (χ2v) is 10.8. The number of Topliss-reactive ketones (excluding diaryl/α,β-unsaturated/α-hetero) is 1. The first-order chi connectivity index (χ1) is 20.7. The van der Waals surface area contributed by atoms with Crippen LogP contribution >= 0.6 is 0 Å². The number of hydrogen-bond acceptors (Lipinski definition) is 15. The number of hydrogen-bond donors (Lipinski definition) is 9. The van der Waals surface area contributed by atoms with Gasteiger partial charge in [0, 0.05) is 26.1 Å². The first-order valence-corrected chi connectivity index (χ1v) is 14.4. The molecule has 0 saturated carbocycles. The number of aliphatic hydroxyl groups is 6. The number of ether oxygens (including phenoxy) is 4. The minimum Gasteiger partial charge on any atom is -0.388 e. The minimum atomic E-state index is -1.50. The number of carbonyl (C=O) groups excluding carboxylic acids is 4. The van der Waals surface area contributed by atoms with Crippen molar-refractivity contribution in [3.05, 3.63) is 0 Å². The highest BCUT2D eigenvalue weighted by Gasteiger charge is 2.43. The molecule has 0 aliphatic carbocycles. The van der Waals surface area contributed by atoms with Crippen molar-refractivity contribution in [3.8, 4) is 0 Å². The van der Waals surface area contributed by atoms with Crippen LogP contribution in [0.3, 0.4) is 0 Å². The first-order valence-electron chi connectivity index (χ1n) is 14.4. The second kappa shape index (κ2) is 18.6. The van der Waals surface area contributed by atoms with Gasteiger partial charge in [-0.05, 0) is 20.8 Å².